The molecular formula is C12H22N2O. The number of nitrogens with one attached hydrogen (secondary N) is 1. The molecule has 86 valence electrons. The van der Waals surface area contributed by atoms with Gasteiger partial charge in [-0.05, 0) is 31.6 Å². The van der Waals surface area contributed by atoms with Gasteiger partial charge in [0.15, 0.2) is 0 Å². The molecule has 2 unspecified atom stereocenters. The molecule has 2 rings (SSSR count). The summed E-state index contributed by atoms with van der Waals surface area (Å²) < 4.78 is 0. The first-order chi connectivity index (χ1) is 7.06. The normalized spacial score (nSPS) is 33.5. The Balaban J connectivity index is 1.96. The van der Waals surface area contributed by atoms with Crippen molar-refractivity contribution in [3.63, 3.8) is 0 Å². The largest absolute Gasteiger partial charge is 0.326 e. The van der Waals surface area contributed by atoms with Gasteiger partial charge in [0, 0.05) is 6.54 Å². The third kappa shape index (κ3) is 2.17. The van der Waals surface area contributed by atoms with E-state index in [1.165, 1.54) is 12.8 Å². The number of hydrogen-bond acceptors (Lipinski definition) is 2. The maximum absolute atomic E-state index is 12.1. The van der Waals surface area contributed by atoms with Crippen molar-refractivity contribution in [2.24, 2.45) is 5.41 Å². The minimum atomic E-state index is 0.0762. The second-order valence-electron chi connectivity index (χ2n) is 5.46. The molecule has 1 amide bonds. The molecule has 1 aliphatic carbocycles. The van der Waals surface area contributed by atoms with E-state index >= 15 is 0 Å². The first kappa shape index (κ1) is 10.9. The van der Waals surface area contributed by atoms with Gasteiger partial charge in [-0.2, -0.15) is 0 Å². The van der Waals surface area contributed by atoms with Crippen LogP contribution in [-0.4, -0.2) is 29.6 Å². The van der Waals surface area contributed by atoms with E-state index in [0.717, 1.165) is 19.4 Å². The lowest BCUT2D eigenvalue weighted by Gasteiger charge is -2.24. The Morgan fingerprint density at radius 1 is 1.53 bits per heavy atom. The van der Waals surface area contributed by atoms with Crippen LogP contribution >= 0.6 is 0 Å². The first-order valence-corrected chi connectivity index (χ1v) is 6.12. The summed E-state index contributed by atoms with van der Waals surface area (Å²) in [5.74, 6) is 0.317. The van der Waals surface area contributed by atoms with Gasteiger partial charge < -0.3 is 4.90 Å². The van der Waals surface area contributed by atoms with Crippen molar-refractivity contribution in [2.75, 3.05) is 6.54 Å². The van der Waals surface area contributed by atoms with E-state index in [-0.39, 0.29) is 12.2 Å². The predicted octanol–water partition coefficient (Wildman–Crippen LogP) is 1.73. The van der Waals surface area contributed by atoms with E-state index in [9.17, 15) is 4.79 Å². The molecule has 0 bridgehead atoms. The fourth-order valence-corrected chi connectivity index (χ4v) is 2.34. The minimum absolute atomic E-state index is 0.0762. The summed E-state index contributed by atoms with van der Waals surface area (Å²) >= 11 is 0. The highest BCUT2D eigenvalue weighted by Crippen LogP contribution is 2.46. The number of carbonyl (C=O) groups excluding carboxylic acids is 1. The topological polar surface area (TPSA) is 32.3 Å². The average Bonchev–Trinajstić information content (AvgIpc) is 2.85. The summed E-state index contributed by atoms with van der Waals surface area (Å²) in [6.45, 7) is 7.45. The van der Waals surface area contributed by atoms with Crippen molar-refractivity contribution < 1.29 is 4.79 Å². The highest BCUT2D eigenvalue weighted by atomic mass is 16.2. The van der Waals surface area contributed by atoms with Crippen molar-refractivity contribution >= 4 is 5.91 Å². The van der Waals surface area contributed by atoms with Gasteiger partial charge in [0.2, 0.25) is 5.91 Å². The van der Waals surface area contributed by atoms with Crippen molar-refractivity contribution in [3.05, 3.63) is 0 Å². The Labute approximate surface area is 92.2 Å². The van der Waals surface area contributed by atoms with Crippen molar-refractivity contribution in [2.45, 2.75) is 58.7 Å². The molecule has 0 spiro atoms. The molecule has 0 aromatic heterocycles. The molecule has 0 radical (unpaired) electrons. The smallest absolute Gasteiger partial charge is 0.241 e. The van der Waals surface area contributed by atoms with Gasteiger partial charge >= 0.3 is 0 Å². The second kappa shape index (κ2) is 3.78. The summed E-state index contributed by atoms with van der Waals surface area (Å²) in [6.07, 6.45) is 4.83. The lowest BCUT2D eigenvalue weighted by molar-refractivity contribution is -0.130. The molecule has 2 aliphatic rings. The van der Waals surface area contributed by atoms with Gasteiger partial charge in [-0.3, -0.25) is 10.1 Å². The molecule has 15 heavy (non-hydrogen) atoms. The summed E-state index contributed by atoms with van der Waals surface area (Å²) in [7, 11) is 0. The van der Waals surface area contributed by atoms with Crippen LogP contribution in [0.5, 0.6) is 0 Å². The van der Waals surface area contributed by atoms with E-state index in [1.807, 2.05) is 4.90 Å². The quantitative estimate of drug-likeness (QED) is 0.766. The average molecular weight is 210 g/mol. The standard InChI is InChI=1S/C12H22N2O/c1-4-5-10-11(15)14(9(2)13-10)8-12(3)6-7-12/h9-10,13H,4-8H2,1-3H3. The Hall–Kier alpha value is -0.570. The van der Waals surface area contributed by atoms with E-state index in [1.54, 1.807) is 0 Å². The molecule has 1 saturated carbocycles. The molecule has 0 aromatic rings. The number of nitrogens with zero attached hydrogens (tertiary/aromatic N) is 1. The summed E-state index contributed by atoms with van der Waals surface area (Å²) in [5.41, 5.74) is 0.423. The number of amides is 1. The molecule has 0 aromatic carbocycles. The summed E-state index contributed by atoms with van der Waals surface area (Å²) in [6, 6.07) is 0.0762. The zero-order valence-corrected chi connectivity index (χ0v) is 10.0. The lowest BCUT2D eigenvalue weighted by Crippen LogP contribution is -2.38. The first-order valence-electron chi connectivity index (χ1n) is 6.12. The molecule has 1 aliphatic heterocycles. The molecule has 2 fully saturated rings. The fourth-order valence-electron chi connectivity index (χ4n) is 2.34. The van der Waals surface area contributed by atoms with E-state index in [2.05, 4.69) is 26.1 Å². The van der Waals surface area contributed by atoms with Crippen LogP contribution in [-0.2, 0) is 4.79 Å². The van der Waals surface area contributed by atoms with Crippen molar-refractivity contribution in [1.29, 1.82) is 0 Å². The summed E-state index contributed by atoms with van der Waals surface area (Å²) in [4.78, 5) is 14.1. The molecule has 3 heteroatoms. The monoisotopic (exact) mass is 210 g/mol. The highest BCUT2D eigenvalue weighted by Gasteiger charge is 2.44. The van der Waals surface area contributed by atoms with Crippen LogP contribution in [0.15, 0.2) is 0 Å². The van der Waals surface area contributed by atoms with Gasteiger partial charge in [0.05, 0.1) is 12.2 Å². The fraction of sp³-hybridized carbons (Fsp3) is 0.917. The van der Waals surface area contributed by atoms with Crippen LogP contribution in [0, 0.1) is 5.41 Å². The van der Waals surface area contributed by atoms with Crippen LogP contribution in [0.3, 0.4) is 0 Å². The van der Waals surface area contributed by atoms with Crippen molar-refractivity contribution in [1.82, 2.24) is 10.2 Å². The van der Waals surface area contributed by atoms with Crippen LogP contribution < -0.4 is 5.32 Å². The van der Waals surface area contributed by atoms with Gasteiger partial charge in [0.25, 0.3) is 0 Å². The zero-order chi connectivity index (χ0) is 11.1. The van der Waals surface area contributed by atoms with Gasteiger partial charge in [-0.1, -0.05) is 20.3 Å². The third-order valence-corrected chi connectivity index (χ3v) is 3.72. The second-order valence-corrected chi connectivity index (χ2v) is 5.46. The lowest BCUT2D eigenvalue weighted by atomic mass is 10.1. The molecular weight excluding hydrogens is 188 g/mol. The molecule has 1 N–H and O–H groups in total. The zero-order valence-electron chi connectivity index (χ0n) is 10.0. The third-order valence-electron chi connectivity index (χ3n) is 3.72. The van der Waals surface area contributed by atoms with E-state index in [4.69, 9.17) is 0 Å². The Bertz CT molecular complexity index is 260. The molecule has 1 heterocycles. The predicted molar refractivity (Wildman–Crippen MR) is 60.3 cm³/mol. The van der Waals surface area contributed by atoms with E-state index in [0.29, 0.717) is 11.3 Å². The number of carbonyl (C=O) groups is 1. The van der Waals surface area contributed by atoms with Gasteiger partial charge in [-0.15, -0.1) is 0 Å². The Kier molecular flexibility index (Phi) is 2.75. The molecule has 1 saturated heterocycles. The van der Waals surface area contributed by atoms with Gasteiger partial charge in [-0.25, -0.2) is 0 Å². The molecule has 3 nitrogen and oxygen atoms in total. The maximum atomic E-state index is 12.1. The van der Waals surface area contributed by atoms with Crippen molar-refractivity contribution in [3.8, 4) is 0 Å². The highest BCUT2D eigenvalue weighted by molar-refractivity contribution is 5.84. The minimum Gasteiger partial charge on any atom is -0.326 e. The molecule has 2 atom stereocenters. The Morgan fingerprint density at radius 2 is 2.20 bits per heavy atom. The Morgan fingerprint density at radius 3 is 2.73 bits per heavy atom. The van der Waals surface area contributed by atoms with Crippen LogP contribution in [0.2, 0.25) is 0 Å². The van der Waals surface area contributed by atoms with Crippen LogP contribution in [0.25, 0.3) is 0 Å². The summed E-state index contributed by atoms with van der Waals surface area (Å²) in [5, 5.41) is 3.38. The SMILES string of the molecule is CCCC1NC(C)N(CC2(C)CC2)C1=O. The number of rotatable bonds is 4. The van der Waals surface area contributed by atoms with Crippen LogP contribution in [0.4, 0.5) is 0 Å². The van der Waals surface area contributed by atoms with Gasteiger partial charge in [0.1, 0.15) is 0 Å². The number of hydrogen-bond donors (Lipinski definition) is 1. The van der Waals surface area contributed by atoms with E-state index < -0.39 is 0 Å². The van der Waals surface area contributed by atoms with Crippen LogP contribution in [0.1, 0.15) is 46.5 Å². The maximum Gasteiger partial charge on any atom is 0.241 e.